The number of nitrogens with two attached hydrogens (primary N) is 1. The summed E-state index contributed by atoms with van der Waals surface area (Å²) >= 11 is 6.10. The summed E-state index contributed by atoms with van der Waals surface area (Å²) < 4.78 is 0. The van der Waals surface area contributed by atoms with Crippen molar-refractivity contribution in [3.05, 3.63) is 33.8 Å². The number of hydrogen-bond donors (Lipinski definition) is 1. The molecule has 0 aliphatic heterocycles. The van der Waals surface area contributed by atoms with Crippen molar-refractivity contribution in [1.29, 1.82) is 0 Å². The van der Waals surface area contributed by atoms with Gasteiger partial charge >= 0.3 is 0 Å². The minimum Gasteiger partial charge on any atom is -0.330 e. The number of hydrogen-bond acceptors (Lipinski definition) is 1. The number of halogens is 1. The lowest BCUT2D eigenvalue weighted by atomic mass is 9.92. The van der Waals surface area contributed by atoms with Crippen molar-refractivity contribution in [2.45, 2.75) is 33.1 Å². The summed E-state index contributed by atoms with van der Waals surface area (Å²) in [6.07, 6.45) is 1.01. The molecule has 0 amide bonds. The second-order valence-electron chi connectivity index (χ2n) is 3.94. The van der Waals surface area contributed by atoms with Gasteiger partial charge in [-0.2, -0.15) is 0 Å². The normalized spacial score (nSPS) is 12.9. The fourth-order valence-electron chi connectivity index (χ4n) is 1.78. The summed E-state index contributed by atoms with van der Waals surface area (Å²) in [5.74, 6) is 0.498. The molecular weight excluding hydrogens is 194 g/mol. The molecule has 0 heterocycles. The molecule has 1 unspecified atom stereocenters. The van der Waals surface area contributed by atoms with Crippen molar-refractivity contribution in [3.63, 3.8) is 0 Å². The highest BCUT2D eigenvalue weighted by Crippen LogP contribution is 2.27. The van der Waals surface area contributed by atoms with Crippen molar-refractivity contribution in [2.24, 2.45) is 5.73 Å². The quantitative estimate of drug-likeness (QED) is 0.815. The van der Waals surface area contributed by atoms with E-state index in [0.717, 1.165) is 23.6 Å². The van der Waals surface area contributed by atoms with Crippen LogP contribution in [0.1, 0.15) is 36.0 Å². The largest absolute Gasteiger partial charge is 0.330 e. The van der Waals surface area contributed by atoms with Gasteiger partial charge in [0.15, 0.2) is 0 Å². The Labute approximate surface area is 91.3 Å². The van der Waals surface area contributed by atoms with Crippen molar-refractivity contribution in [3.8, 4) is 0 Å². The van der Waals surface area contributed by atoms with Gasteiger partial charge in [-0.15, -0.1) is 0 Å². The molecule has 0 aliphatic rings. The Kier molecular flexibility index (Phi) is 3.97. The lowest BCUT2D eigenvalue weighted by Gasteiger charge is -2.15. The fourth-order valence-corrected chi connectivity index (χ4v) is 1.95. The van der Waals surface area contributed by atoms with E-state index in [4.69, 9.17) is 17.3 Å². The molecule has 78 valence electrons. The molecule has 0 saturated heterocycles. The van der Waals surface area contributed by atoms with Gasteiger partial charge in [0.1, 0.15) is 0 Å². The highest BCUT2D eigenvalue weighted by molar-refractivity contribution is 6.31. The van der Waals surface area contributed by atoms with Gasteiger partial charge in [-0.05, 0) is 55.5 Å². The predicted molar refractivity (Wildman–Crippen MR) is 63.0 cm³/mol. The van der Waals surface area contributed by atoms with Gasteiger partial charge in [0.25, 0.3) is 0 Å². The Morgan fingerprint density at radius 2 is 1.93 bits per heavy atom. The van der Waals surface area contributed by atoms with Gasteiger partial charge in [0.2, 0.25) is 0 Å². The highest BCUT2D eigenvalue weighted by Gasteiger charge is 2.09. The van der Waals surface area contributed by atoms with Gasteiger partial charge in [-0.25, -0.2) is 0 Å². The van der Waals surface area contributed by atoms with Gasteiger partial charge in [0, 0.05) is 5.02 Å². The first kappa shape index (κ1) is 11.5. The highest BCUT2D eigenvalue weighted by atomic mass is 35.5. The Morgan fingerprint density at radius 1 is 1.29 bits per heavy atom. The van der Waals surface area contributed by atoms with Gasteiger partial charge in [0.05, 0.1) is 0 Å². The van der Waals surface area contributed by atoms with E-state index in [-0.39, 0.29) is 0 Å². The first-order chi connectivity index (χ1) is 6.56. The van der Waals surface area contributed by atoms with Crippen LogP contribution in [-0.4, -0.2) is 6.54 Å². The summed E-state index contributed by atoms with van der Waals surface area (Å²) in [6.45, 7) is 7.09. The van der Waals surface area contributed by atoms with Crippen LogP contribution in [0.15, 0.2) is 12.1 Å². The van der Waals surface area contributed by atoms with Crippen LogP contribution in [0.2, 0.25) is 5.02 Å². The fraction of sp³-hybridized carbons (Fsp3) is 0.500. The Hall–Kier alpha value is -0.530. The van der Waals surface area contributed by atoms with Gasteiger partial charge in [-0.3, -0.25) is 0 Å². The molecule has 0 aromatic heterocycles. The van der Waals surface area contributed by atoms with E-state index in [0.29, 0.717) is 5.92 Å². The molecule has 2 N–H and O–H groups in total. The minimum atomic E-state index is 0.498. The zero-order valence-electron chi connectivity index (χ0n) is 9.10. The molecule has 1 aromatic rings. The zero-order valence-corrected chi connectivity index (χ0v) is 9.86. The smallest absolute Gasteiger partial charge is 0.0438 e. The van der Waals surface area contributed by atoms with E-state index in [9.17, 15) is 0 Å². The van der Waals surface area contributed by atoms with Crippen LogP contribution in [0.5, 0.6) is 0 Å². The van der Waals surface area contributed by atoms with E-state index in [1.165, 1.54) is 11.1 Å². The average Bonchev–Trinajstić information content (AvgIpc) is 2.11. The van der Waals surface area contributed by atoms with Crippen molar-refractivity contribution in [1.82, 2.24) is 0 Å². The van der Waals surface area contributed by atoms with E-state index < -0.39 is 0 Å². The van der Waals surface area contributed by atoms with Crippen molar-refractivity contribution >= 4 is 11.6 Å². The van der Waals surface area contributed by atoms with Crippen LogP contribution in [0.3, 0.4) is 0 Å². The van der Waals surface area contributed by atoms with E-state index in [1.807, 2.05) is 6.92 Å². The van der Waals surface area contributed by atoms with Crippen LogP contribution in [0, 0.1) is 13.8 Å². The minimum absolute atomic E-state index is 0.498. The maximum absolute atomic E-state index is 6.10. The van der Waals surface area contributed by atoms with Gasteiger partial charge in [-0.1, -0.05) is 24.6 Å². The number of aryl methyl sites for hydroxylation is 2. The topological polar surface area (TPSA) is 26.0 Å². The standard InChI is InChI=1S/C12H18ClN/c1-8(4-5-14)11-7-12(13)10(3)6-9(11)2/h6-8H,4-5,14H2,1-3H3. The third-order valence-corrected chi connectivity index (χ3v) is 3.09. The number of rotatable bonds is 3. The Balaban J connectivity index is 3.02. The first-order valence-corrected chi connectivity index (χ1v) is 5.40. The second kappa shape index (κ2) is 4.81. The Morgan fingerprint density at radius 3 is 2.50 bits per heavy atom. The molecule has 1 aromatic carbocycles. The SMILES string of the molecule is Cc1cc(C)c(C(C)CCN)cc1Cl. The maximum atomic E-state index is 6.10. The molecule has 0 spiro atoms. The van der Waals surface area contributed by atoms with Crippen LogP contribution >= 0.6 is 11.6 Å². The third-order valence-electron chi connectivity index (χ3n) is 2.68. The van der Waals surface area contributed by atoms with Crippen LogP contribution in [0.4, 0.5) is 0 Å². The Bertz CT molecular complexity index is 320. The van der Waals surface area contributed by atoms with E-state index in [1.54, 1.807) is 0 Å². The summed E-state index contributed by atoms with van der Waals surface area (Å²) in [6, 6.07) is 4.22. The zero-order chi connectivity index (χ0) is 10.7. The monoisotopic (exact) mass is 211 g/mol. The third kappa shape index (κ3) is 2.49. The molecule has 1 atom stereocenters. The van der Waals surface area contributed by atoms with Crippen molar-refractivity contribution in [2.75, 3.05) is 6.54 Å². The molecule has 0 fully saturated rings. The molecule has 0 aliphatic carbocycles. The summed E-state index contributed by atoms with van der Waals surface area (Å²) in [5, 5.41) is 0.856. The van der Waals surface area contributed by atoms with Crippen LogP contribution in [-0.2, 0) is 0 Å². The average molecular weight is 212 g/mol. The van der Waals surface area contributed by atoms with Crippen molar-refractivity contribution < 1.29 is 0 Å². The lowest BCUT2D eigenvalue weighted by Crippen LogP contribution is -2.06. The summed E-state index contributed by atoms with van der Waals surface area (Å²) in [5.41, 5.74) is 9.34. The maximum Gasteiger partial charge on any atom is 0.0438 e. The lowest BCUT2D eigenvalue weighted by molar-refractivity contribution is 0.686. The molecular formula is C12H18ClN. The summed E-state index contributed by atoms with van der Waals surface area (Å²) in [7, 11) is 0. The predicted octanol–water partition coefficient (Wildman–Crippen LogP) is 3.41. The molecule has 0 bridgehead atoms. The second-order valence-corrected chi connectivity index (χ2v) is 4.34. The molecule has 1 rings (SSSR count). The summed E-state index contributed by atoms with van der Waals surface area (Å²) in [4.78, 5) is 0. The molecule has 14 heavy (non-hydrogen) atoms. The van der Waals surface area contributed by atoms with E-state index >= 15 is 0 Å². The molecule has 2 heteroatoms. The van der Waals surface area contributed by atoms with Crippen LogP contribution < -0.4 is 5.73 Å². The van der Waals surface area contributed by atoms with Gasteiger partial charge < -0.3 is 5.73 Å². The van der Waals surface area contributed by atoms with E-state index in [2.05, 4.69) is 26.0 Å². The first-order valence-electron chi connectivity index (χ1n) is 5.03. The molecule has 0 radical (unpaired) electrons. The molecule has 1 nitrogen and oxygen atoms in total. The number of benzene rings is 1. The molecule has 0 saturated carbocycles. The van der Waals surface area contributed by atoms with Crippen LogP contribution in [0.25, 0.3) is 0 Å².